The molecule has 2 saturated heterocycles. The van der Waals surface area contributed by atoms with E-state index in [-0.39, 0.29) is 50.5 Å². The van der Waals surface area contributed by atoms with Crippen molar-refractivity contribution in [2.75, 3.05) is 32.7 Å². The third-order valence-corrected chi connectivity index (χ3v) is 8.29. The van der Waals surface area contributed by atoms with Gasteiger partial charge in [0, 0.05) is 45.2 Å². The molecule has 1 saturated carbocycles. The topological polar surface area (TPSA) is 78.0 Å². The van der Waals surface area contributed by atoms with Gasteiger partial charge in [0.05, 0.1) is 5.92 Å². The van der Waals surface area contributed by atoms with E-state index in [0.29, 0.717) is 6.54 Å². The molecule has 0 spiro atoms. The first-order valence-corrected chi connectivity index (χ1v) is 11.8. The third-order valence-electron chi connectivity index (χ3n) is 6.34. The molecule has 164 valence electrons. The molecule has 10 heteroatoms. The molecule has 3 aliphatic rings. The van der Waals surface area contributed by atoms with Crippen molar-refractivity contribution in [2.24, 2.45) is 5.92 Å². The summed E-state index contributed by atoms with van der Waals surface area (Å²) < 4.78 is 54.3. The average Bonchev–Trinajstić information content (AvgIpc) is 3.37. The summed E-state index contributed by atoms with van der Waals surface area (Å²) in [4.78, 5) is 27.7. The zero-order chi connectivity index (χ0) is 21.5. The fraction of sp³-hybridized carbons (Fsp3) is 0.600. The molecule has 7 nitrogen and oxygen atoms in total. The summed E-state index contributed by atoms with van der Waals surface area (Å²) in [5.41, 5.74) is 0. The Hall–Kier alpha value is -2.07. The van der Waals surface area contributed by atoms with Crippen LogP contribution in [0.2, 0.25) is 0 Å². The van der Waals surface area contributed by atoms with Crippen molar-refractivity contribution >= 4 is 21.8 Å². The van der Waals surface area contributed by atoms with E-state index in [0.717, 1.165) is 48.2 Å². The Balaban J connectivity index is 1.39. The zero-order valence-corrected chi connectivity index (χ0v) is 17.4. The molecular formula is C20H25F2N3O4S. The Morgan fingerprint density at radius 1 is 1.00 bits per heavy atom. The van der Waals surface area contributed by atoms with Crippen molar-refractivity contribution in [1.82, 2.24) is 14.1 Å². The van der Waals surface area contributed by atoms with E-state index in [1.807, 2.05) is 4.90 Å². The van der Waals surface area contributed by atoms with Crippen molar-refractivity contribution in [3.63, 3.8) is 0 Å². The molecule has 3 fully saturated rings. The lowest BCUT2D eigenvalue weighted by Crippen LogP contribution is -2.52. The maximum absolute atomic E-state index is 14.0. The number of benzene rings is 1. The van der Waals surface area contributed by atoms with Crippen LogP contribution in [0.3, 0.4) is 0 Å². The number of piperazine rings is 1. The lowest BCUT2D eigenvalue weighted by atomic mass is 10.1. The number of hydrogen-bond donors (Lipinski definition) is 0. The minimum absolute atomic E-state index is 0.0106. The Labute approximate surface area is 174 Å². The monoisotopic (exact) mass is 441 g/mol. The highest BCUT2D eigenvalue weighted by atomic mass is 32.2. The van der Waals surface area contributed by atoms with Gasteiger partial charge in [0.2, 0.25) is 21.8 Å². The van der Waals surface area contributed by atoms with Crippen LogP contribution in [-0.2, 0) is 19.6 Å². The highest BCUT2D eigenvalue weighted by Crippen LogP contribution is 2.31. The van der Waals surface area contributed by atoms with Crippen molar-refractivity contribution < 1.29 is 26.8 Å². The quantitative estimate of drug-likeness (QED) is 0.711. The predicted molar refractivity (Wildman–Crippen MR) is 104 cm³/mol. The summed E-state index contributed by atoms with van der Waals surface area (Å²) in [6.45, 7) is 0.579. The highest BCUT2D eigenvalue weighted by Gasteiger charge is 2.41. The highest BCUT2D eigenvalue weighted by molar-refractivity contribution is 7.89. The number of sulfonamides is 1. The second-order valence-electron chi connectivity index (χ2n) is 8.17. The van der Waals surface area contributed by atoms with E-state index in [9.17, 15) is 26.8 Å². The molecule has 2 heterocycles. The van der Waals surface area contributed by atoms with Crippen LogP contribution in [-0.4, -0.2) is 73.1 Å². The maximum Gasteiger partial charge on any atom is 0.249 e. The van der Waals surface area contributed by atoms with Gasteiger partial charge in [0.15, 0.2) is 4.90 Å². The van der Waals surface area contributed by atoms with Crippen LogP contribution in [0, 0.1) is 17.6 Å². The number of carbonyl (C=O) groups excluding carboxylic acids is 2. The Morgan fingerprint density at radius 3 is 2.20 bits per heavy atom. The number of nitrogens with zero attached hydrogens (tertiary/aromatic N) is 3. The normalized spacial score (nSPS) is 24.1. The van der Waals surface area contributed by atoms with Crippen molar-refractivity contribution in [3.05, 3.63) is 29.8 Å². The van der Waals surface area contributed by atoms with Gasteiger partial charge in [-0.3, -0.25) is 9.59 Å². The second-order valence-corrected chi connectivity index (χ2v) is 10.0. The first kappa shape index (κ1) is 21.2. The lowest BCUT2D eigenvalue weighted by Gasteiger charge is -2.35. The minimum Gasteiger partial charge on any atom is -0.340 e. The lowest BCUT2D eigenvalue weighted by molar-refractivity contribution is -0.137. The SMILES string of the molecule is O=C(C1CC(=O)N(C2CCCC2)C1)N1CCN(S(=O)(=O)c2c(F)cccc2F)CC1. The standard InChI is InChI=1S/C20H25F2N3O4S/c21-16-6-3-7-17(22)19(16)30(28,29)24-10-8-23(9-11-24)20(27)14-12-18(26)25(13-14)15-4-1-2-5-15/h3,6-7,14-15H,1-2,4-5,8-13H2. The molecule has 1 unspecified atom stereocenters. The third kappa shape index (κ3) is 3.82. The molecule has 0 bridgehead atoms. The molecule has 0 aromatic heterocycles. The van der Waals surface area contributed by atoms with Crippen LogP contribution in [0.1, 0.15) is 32.1 Å². The molecule has 1 aliphatic carbocycles. The first-order chi connectivity index (χ1) is 14.3. The summed E-state index contributed by atoms with van der Waals surface area (Å²) in [6, 6.07) is 3.15. The summed E-state index contributed by atoms with van der Waals surface area (Å²) >= 11 is 0. The van der Waals surface area contributed by atoms with Gasteiger partial charge in [0.25, 0.3) is 0 Å². The van der Waals surface area contributed by atoms with E-state index in [2.05, 4.69) is 0 Å². The van der Waals surface area contributed by atoms with Gasteiger partial charge in [0.1, 0.15) is 11.6 Å². The van der Waals surface area contributed by atoms with E-state index < -0.39 is 32.5 Å². The van der Waals surface area contributed by atoms with Gasteiger partial charge < -0.3 is 9.80 Å². The van der Waals surface area contributed by atoms with Crippen LogP contribution >= 0.6 is 0 Å². The van der Waals surface area contributed by atoms with Crippen LogP contribution < -0.4 is 0 Å². The summed E-state index contributed by atoms with van der Waals surface area (Å²) in [5.74, 6) is -2.82. The molecule has 1 aromatic carbocycles. The molecule has 4 rings (SSSR count). The number of likely N-dealkylation sites (tertiary alicyclic amines) is 1. The van der Waals surface area contributed by atoms with Gasteiger partial charge in [-0.1, -0.05) is 18.9 Å². The largest absolute Gasteiger partial charge is 0.340 e. The molecule has 1 atom stereocenters. The van der Waals surface area contributed by atoms with E-state index in [1.54, 1.807) is 4.90 Å². The summed E-state index contributed by atoms with van der Waals surface area (Å²) in [5, 5.41) is 0. The van der Waals surface area contributed by atoms with Gasteiger partial charge in [-0.2, -0.15) is 4.31 Å². The average molecular weight is 442 g/mol. The Kier molecular flexibility index (Phi) is 5.80. The smallest absolute Gasteiger partial charge is 0.249 e. The van der Waals surface area contributed by atoms with Crippen LogP contribution in [0.15, 0.2) is 23.1 Å². The van der Waals surface area contributed by atoms with Gasteiger partial charge in [-0.05, 0) is 25.0 Å². The summed E-state index contributed by atoms with van der Waals surface area (Å²) in [7, 11) is -4.34. The second kappa shape index (κ2) is 8.22. The molecule has 0 radical (unpaired) electrons. The number of carbonyl (C=O) groups is 2. The predicted octanol–water partition coefficient (Wildman–Crippen LogP) is 1.59. The van der Waals surface area contributed by atoms with Gasteiger partial charge >= 0.3 is 0 Å². The fourth-order valence-electron chi connectivity index (χ4n) is 4.73. The Morgan fingerprint density at radius 2 is 1.60 bits per heavy atom. The zero-order valence-electron chi connectivity index (χ0n) is 16.6. The van der Waals surface area contributed by atoms with Crippen LogP contribution in [0.4, 0.5) is 8.78 Å². The number of halogens is 2. The fourth-order valence-corrected chi connectivity index (χ4v) is 6.26. The van der Waals surface area contributed by atoms with Gasteiger partial charge in [-0.25, -0.2) is 17.2 Å². The molecule has 1 aromatic rings. The summed E-state index contributed by atoms with van der Waals surface area (Å²) in [6.07, 6.45) is 4.36. The molecule has 2 aliphatic heterocycles. The molecule has 0 N–H and O–H groups in total. The van der Waals surface area contributed by atoms with Gasteiger partial charge in [-0.15, -0.1) is 0 Å². The van der Waals surface area contributed by atoms with Crippen molar-refractivity contribution in [2.45, 2.75) is 43.0 Å². The van der Waals surface area contributed by atoms with E-state index in [1.165, 1.54) is 0 Å². The first-order valence-electron chi connectivity index (χ1n) is 10.3. The van der Waals surface area contributed by atoms with Crippen LogP contribution in [0.25, 0.3) is 0 Å². The van der Waals surface area contributed by atoms with Crippen molar-refractivity contribution in [3.8, 4) is 0 Å². The number of amides is 2. The van der Waals surface area contributed by atoms with E-state index in [4.69, 9.17) is 0 Å². The molecule has 30 heavy (non-hydrogen) atoms. The van der Waals surface area contributed by atoms with Crippen molar-refractivity contribution in [1.29, 1.82) is 0 Å². The molecule has 2 amide bonds. The van der Waals surface area contributed by atoms with Crippen LogP contribution in [0.5, 0.6) is 0 Å². The Bertz CT molecular complexity index is 921. The number of hydrogen-bond acceptors (Lipinski definition) is 4. The molecular weight excluding hydrogens is 416 g/mol. The van der Waals surface area contributed by atoms with E-state index >= 15 is 0 Å². The maximum atomic E-state index is 14.0. The minimum atomic E-state index is -4.34. The number of rotatable bonds is 4.